The van der Waals surface area contributed by atoms with Gasteiger partial charge in [-0.2, -0.15) is 12.7 Å². The Bertz CT molecular complexity index is 1740. The van der Waals surface area contributed by atoms with Gasteiger partial charge in [0, 0.05) is 47.7 Å². The van der Waals surface area contributed by atoms with Crippen LogP contribution in [0.4, 0.5) is 0 Å². The minimum Gasteiger partial charge on any atom is -0.497 e. The molecule has 0 radical (unpaired) electrons. The molecule has 3 aromatic rings. The SMILES string of the molecule is COc1ccc2c(c1)C=C1Cn3c-2c(C2CCCCC2)c2ccc(cc23)C(=O)NS(=O)(=O)N(C)CCOCCN(C)CC1=O. The molecule has 4 bridgehead atoms. The monoisotopic (exact) mass is 620 g/mol. The van der Waals surface area contributed by atoms with Crippen LogP contribution in [-0.2, 0) is 26.3 Å². The van der Waals surface area contributed by atoms with Crippen LogP contribution in [0.3, 0.4) is 0 Å². The molecule has 10 nitrogen and oxygen atoms in total. The highest BCUT2D eigenvalue weighted by Gasteiger charge is 2.31. The lowest BCUT2D eigenvalue weighted by Crippen LogP contribution is -2.42. The lowest BCUT2D eigenvalue weighted by atomic mass is 9.81. The molecule has 1 saturated carbocycles. The Labute approximate surface area is 258 Å². The van der Waals surface area contributed by atoms with Crippen molar-refractivity contribution < 1.29 is 27.5 Å². The average molecular weight is 621 g/mol. The number of fused-ring (bicyclic) bond motifs is 4. The summed E-state index contributed by atoms with van der Waals surface area (Å²) in [5.74, 6) is 0.343. The minimum absolute atomic E-state index is 0.0102. The third kappa shape index (κ3) is 5.93. The quantitative estimate of drug-likeness (QED) is 0.457. The molecule has 2 aromatic carbocycles. The van der Waals surface area contributed by atoms with Gasteiger partial charge in [0.05, 0.1) is 39.1 Å². The van der Waals surface area contributed by atoms with Crippen LogP contribution in [0.15, 0.2) is 42.0 Å². The van der Waals surface area contributed by atoms with Crippen molar-refractivity contribution in [2.45, 2.75) is 44.6 Å². The van der Waals surface area contributed by atoms with E-state index in [1.54, 1.807) is 19.2 Å². The summed E-state index contributed by atoms with van der Waals surface area (Å²) in [4.78, 5) is 29.2. The zero-order valence-electron chi connectivity index (χ0n) is 25.6. The highest BCUT2D eigenvalue weighted by molar-refractivity contribution is 7.87. The molecule has 234 valence electrons. The summed E-state index contributed by atoms with van der Waals surface area (Å²) in [6.45, 7) is 1.61. The number of nitrogens with zero attached hydrogens (tertiary/aromatic N) is 3. The Morgan fingerprint density at radius 2 is 1.73 bits per heavy atom. The Morgan fingerprint density at radius 1 is 0.955 bits per heavy atom. The summed E-state index contributed by atoms with van der Waals surface area (Å²) in [6, 6.07) is 11.4. The van der Waals surface area contributed by atoms with E-state index in [1.165, 1.54) is 19.0 Å². The van der Waals surface area contributed by atoms with E-state index >= 15 is 0 Å². The van der Waals surface area contributed by atoms with Crippen LogP contribution in [0.25, 0.3) is 28.2 Å². The molecule has 2 aliphatic heterocycles. The van der Waals surface area contributed by atoms with E-state index in [0.717, 1.165) is 57.7 Å². The highest BCUT2D eigenvalue weighted by atomic mass is 32.2. The van der Waals surface area contributed by atoms with Crippen molar-refractivity contribution in [3.8, 4) is 17.0 Å². The summed E-state index contributed by atoms with van der Waals surface area (Å²) in [6.07, 6.45) is 7.62. The molecule has 1 amide bonds. The molecule has 0 unspecified atom stereocenters. The maximum absolute atomic E-state index is 13.9. The number of benzene rings is 2. The average Bonchev–Trinajstić information content (AvgIpc) is 3.22. The van der Waals surface area contributed by atoms with E-state index in [2.05, 4.69) is 15.4 Å². The third-order valence-electron chi connectivity index (χ3n) is 9.12. The molecule has 3 aliphatic rings. The van der Waals surface area contributed by atoms with Crippen molar-refractivity contribution in [2.75, 3.05) is 54.1 Å². The fraction of sp³-hybridized carbons (Fsp3) is 0.455. The van der Waals surface area contributed by atoms with E-state index in [1.807, 2.05) is 36.2 Å². The Kier molecular flexibility index (Phi) is 8.65. The van der Waals surface area contributed by atoms with Gasteiger partial charge in [0.15, 0.2) is 5.78 Å². The van der Waals surface area contributed by atoms with Gasteiger partial charge in [0.2, 0.25) is 0 Å². The fourth-order valence-electron chi connectivity index (χ4n) is 6.67. The largest absolute Gasteiger partial charge is 0.497 e. The second-order valence-electron chi connectivity index (χ2n) is 12.1. The van der Waals surface area contributed by atoms with Crippen LogP contribution >= 0.6 is 0 Å². The number of carbonyl (C=O) groups is 2. The first-order valence-electron chi connectivity index (χ1n) is 15.3. The van der Waals surface area contributed by atoms with E-state index in [9.17, 15) is 18.0 Å². The van der Waals surface area contributed by atoms with Crippen molar-refractivity contribution in [2.24, 2.45) is 0 Å². The van der Waals surface area contributed by atoms with Gasteiger partial charge in [0.25, 0.3) is 5.91 Å². The lowest BCUT2D eigenvalue weighted by Gasteiger charge is -2.24. The standard InChI is InChI=1S/C33H40N4O6S/c1-35-13-15-43-16-14-36(2)44(40,41)34-33(39)23-9-11-28-29(19-23)37-20-25(30(38)21-35)17-24-18-26(42-3)10-12-27(24)32(37)31(28)22-7-5-4-6-8-22/h9-12,17-19,22H,4-8,13-16,20-21H2,1-3H3,(H,34,39). The van der Waals surface area contributed by atoms with E-state index in [-0.39, 0.29) is 31.0 Å². The second-order valence-corrected chi connectivity index (χ2v) is 13.8. The summed E-state index contributed by atoms with van der Waals surface area (Å²) >= 11 is 0. The fourth-order valence-corrected chi connectivity index (χ4v) is 7.49. The number of Topliss-reactive ketones (excluding diaryl/α,β-unsaturated/α-hetero) is 1. The zero-order chi connectivity index (χ0) is 31.0. The minimum atomic E-state index is -4.08. The molecular weight excluding hydrogens is 580 g/mol. The predicted octanol–water partition coefficient (Wildman–Crippen LogP) is 4.20. The number of hydrogen-bond acceptors (Lipinski definition) is 7. The van der Waals surface area contributed by atoms with Gasteiger partial charge in [-0.1, -0.05) is 25.3 Å². The first-order chi connectivity index (χ1) is 21.2. The third-order valence-corrected chi connectivity index (χ3v) is 10.6. The molecule has 1 aromatic heterocycles. The number of hydrogen-bond donors (Lipinski definition) is 1. The number of rotatable bonds is 2. The van der Waals surface area contributed by atoms with Gasteiger partial charge in [-0.05, 0) is 73.3 Å². The van der Waals surface area contributed by atoms with Crippen molar-refractivity contribution in [3.63, 3.8) is 0 Å². The van der Waals surface area contributed by atoms with E-state index in [0.29, 0.717) is 36.9 Å². The maximum atomic E-state index is 13.9. The van der Waals surface area contributed by atoms with Gasteiger partial charge in [0.1, 0.15) is 5.75 Å². The normalized spacial score (nSPS) is 20.9. The molecular formula is C33H40N4O6S. The molecule has 3 heterocycles. The zero-order valence-corrected chi connectivity index (χ0v) is 26.4. The molecule has 11 heteroatoms. The first-order valence-corrected chi connectivity index (χ1v) is 16.7. The second kappa shape index (κ2) is 12.5. The van der Waals surface area contributed by atoms with Crippen LogP contribution in [0.2, 0.25) is 0 Å². The molecule has 1 fully saturated rings. The smallest absolute Gasteiger partial charge is 0.303 e. The van der Waals surface area contributed by atoms with Gasteiger partial charge in [-0.3, -0.25) is 14.5 Å². The number of ketones is 1. The predicted molar refractivity (Wildman–Crippen MR) is 170 cm³/mol. The number of aromatic nitrogens is 1. The van der Waals surface area contributed by atoms with Crippen LogP contribution in [0.5, 0.6) is 5.75 Å². The van der Waals surface area contributed by atoms with Crippen molar-refractivity contribution in [3.05, 3.63) is 58.7 Å². The summed E-state index contributed by atoms with van der Waals surface area (Å²) < 4.78 is 42.7. The van der Waals surface area contributed by atoms with Gasteiger partial charge >= 0.3 is 10.2 Å². The number of nitrogens with one attached hydrogen (secondary N) is 1. The maximum Gasteiger partial charge on any atom is 0.303 e. The number of amides is 1. The number of carbonyl (C=O) groups excluding carboxylic acids is 2. The molecule has 44 heavy (non-hydrogen) atoms. The Balaban J connectivity index is 1.58. The van der Waals surface area contributed by atoms with Gasteiger partial charge < -0.3 is 14.0 Å². The van der Waals surface area contributed by atoms with E-state index < -0.39 is 16.1 Å². The molecule has 1 N–H and O–H groups in total. The number of ether oxygens (including phenoxy) is 2. The summed E-state index contributed by atoms with van der Waals surface area (Å²) in [5.41, 5.74) is 5.89. The lowest BCUT2D eigenvalue weighted by molar-refractivity contribution is -0.116. The van der Waals surface area contributed by atoms with Crippen molar-refractivity contribution >= 4 is 38.9 Å². The summed E-state index contributed by atoms with van der Waals surface area (Å²) in [7, 11) is 0.847. The van der Waals surface area contributed by atoms with Gasteiger partial charge in [-0.25, -0.2) is 4.72 Å². The van der Waals surface area contributed by atoms with Gasteiger partial charge in [-0.15, -0.1) is 0 Å². The van der Waals surface area contributed by atoms with Crippen LogP contribution in [-0.4, -0.2) is 87.9 Å². The van der Waals surface area contributed by atoms with Crippen LogP contribution in [0.1, 0.15) is 59.5 Å². The number of methoxy groups -OCH3 is 1. The molecule has 0 saturated heterocycles. The summed E-state index contributed by atoms with van der Waals surface area (Å²) in [5, 5.41) is 1.03. The Morgan fingerprint density at radius 3 is 2.50 bits per heavy atom. The highest BCUT2D eigenvalue weighted by Crippen LogP contribution is 2.47. The van der Waals surface area contributed by atoms with Crippen LogP contribution in [0, 0.1) is 0 Å². The van der Waals surface area contributed by atoms with E-state index in [4.69, 9.17) is 9.47 Å². The van der Waals surface area contributed by atoms with Crippen molar-refractivity contribution in [1.82, 2.24) is 18.5 Å². The molecule has 1 aliphatic carbocycles. The Hall–Kier alpha value is -3.51. The number of likely N-dealkylation sites (N-methyl/N-ethyl adjacent to an activating group) is 2. The molecule has 6 rings (SSSR count). The topological polar surface area (TPSA) is 110 Å². The van der Waals surface area contributed by atoms with Crippen molar-refractivity contribution in [1.29, 1.82) is 0 Å². The molecule has 0 atom stereocenters. The van der Waals surface area contributed by atoms with Crippen LogP contribution < -0.4 is 9.46 Å². The first kappa shape index (κ1) is 30.5. The molecule has 0 spiro atoms.